The number of carboxylic acid groups (broad SMARTS) is 1. The van der Waals surface area contributed by atoms with E-state index in [2.05, 4.69) is 22.0 Å². The minimum atomic E-state index is -0.736. The van der Waals surface area contributed by atoms with Crippen LogP contribution < -0.4 is 4.74 Å². The van der Waals surface area contributed by atoms with Crippen molar-refractivity contribution < 1.29 is 14.6 Å². The zero-order chi connectivity index (χ0) is 20.9. The maximum Gasteiger partial charge on any atom is 0.320 e. The predicted octanol–water partition coefficient (Wildman–Crippen LogP) is 5.74. The average Bonchev–Trinajstić information content (AvgIpc) is 3.18. The minimum Gasteiger partial charge on any atom is -0.480 e. The summed E-state index contributed by atoms with van der Waals surface area (Å²) >= 11 is 1.54. The van der Waals surface area contributed by atoms with Gasteiger partial charge in [-0.05, 0) is 56.0 Å². The number of carbonyl (C=O) groups is 1. The summed E-state index contributed by atoms with van der Waals surface area (Å²) in [6.45, 7) is 2.57. The number of aromatic nitrogens is 1. The van der Waals surface area contributed by atoms with Gasteiger partial charge in [-0.1, -0.05) is 54.9 Å². The summed E-state index contributed by atoms with van der Waals surface area (Å²) in [4.78, 5) is 18.3. The summed E-state index contributed by atoms with van der Waals surface area (Å²) in [7, 11) is 0. The molecule has 6 heteroatoms. The molecular weight excluding hydrogens is 396 g/mol. The van der Waals surface area contributed by atoms with E-state index < -0.39 is 12.0 Å². The molecule has 1 unspecified atom stereocenters. The third-order valence-corrected chi connectivity index (χ3v) is 6.87. The van der Waals surface area contributed by atoms with E-state index in [1.54, 1.807) is 0 Å². The fraction of sp³-hybridized carbons (Fsp3) is 0.417. The van der Waals surface area contributed by atoms with Crippen LogP contribution >= 0.6 is 11.3 Å². The van der Waals surface area contributed by atoms with Gasteiger partial charge in [0.1, 0.15) is 11.8 Å². The Balaban J connectivity index is 1.38. The largest absolute Gasteiger partial charge is 0.480 e. The topological polar surface area (TPSA) is 62.7 Å². The Morgan fingerprint density at radius 1 is 1.17 bits per heavy atom. The molecule has 0 radical (unpaired) electrons. The van der Waals surface area contributed by atoms with E-state index in [4.69, 9.17) is 4.74 Å². The van der Waals surface area contributed by atoms with Crippen LogP contribution in [0.4, 0.5) is 0 Å². The Kier molecular flexibility index (Phi) is 6.65. The fourth-order valence-electron chi connectivity index (χ4n) is 4.22. The first-order valence-electron chi connectivity index (χ1n) is 10.7. The highest BCUT2D eigenvalue weighted by Crippen LogP contribution is 2.31. The second kappa shape index (κ2) is 9.58. The molecule has 2 aromatic carbocycles. The number of nitrogens with zero attached hydrogens (tertiary/aromatic N) is 2. The van der Waals surface area contributed by atoms with Crippen LogP contribution in [0.15, 0.2) is 48.5 Å². The number of rotatable bonds is 8. The van der Waals surface area contributed by atoms with Crippen molar-refractivity contribution in [3.63, 3.8) is 0 Å². The van der Waals surface area contributed by atoms with Gasteiger partial charge in [-0.15, -0.1) is 0 Å². The molecule has 4 rings (SSSR count). The number of hydrogen-bond donors (Lipinski definition) is 1. The van der Waals surface area contributed by atoms with Crippen LogP contribution in [0.2, 0.25) is 0 Å². The standard InChI is InChI=1S/C24H28N2O3S/c1-17(23(27)28)26(19-7-3-2-4-8-19)16-15-18-11-13-20(14-12-18)29-24-25-21-9-5-6-10-22(21)30-24/h5-6,9-14,17,19H,2-4,7-8,15-16H2,1H3,(H,27,28). The SMILES string of the molecule is CC(C(=O)O)N(CCc1ccc(Oc2nc3ccccc3s2)cc1)C1CCCCC1. The van der Waals surface area contributed by atoms with Crippen molar-refractivity contribution in [2.45, 2.75) is 57.5 Å². The Morgan fingerprint density at radius 2 is 1.90 bits per heavy atom. The molecule has 158 valence electrons. The van der Waals surface area contributed by atoms with Crippen molar-refractivity contribution in [3.8, 4) is 10.9 Å². The van der Waals surface area contributed by atoms with Gasteiger partial charge in [0.25, 0.3) is 5.19 Å². The molecule has 3 aromatic rings. The highest BCUT2D eigenvalue weighted by Gasteiger charge is 2.28. The number of thiazole rings is 1. The number of fused-ring (bicyclic) bond motifs is 1. The Morgan fingerprint density at radius 3 is 2.60 bits per heavy atom. The van der Waals surface area contributed by atoms with Gasteiger partial charge < -0.3 is 9.84 Å². The number of ether oxygens (including phenoxy) is 1. The lowest BCUT2D eigenvalue weighted by atomic mass is 9.93. The molecule has 0 saturated heterocycles. The predicted molar refractivity (Wildman–Crippen MR) is 121 cm³/mol. The maximum atomic E-state index is 11.6. The Labute approximate surface area is 181 Å². The van der Waals surface area contributed by atoms with Crippen molar-refractivity contribution >= 4 is 27.5 Å². The van der Waals surface area contributed by atoms with Gasteiger partial charge in [-0.2, -0.15) is 0 Å². The zero-order valence-corrected chi connectivity index (χ0v) is 18.1. The maximum absolute atomic E-state index is 11.6. The molecule has 0 spiro atoms. The van der Waals surface area contributed by atoms with E-state index in [0.29, 0.717) is 11.2 Å². The van der Waals surface area contributed by atoms with Crippen LogP contribution in [0.3, 0.4) is 0 Å². The lowest BCUT2D eigenvalue weighted by Gasteiger charge is -2.37. The smallest absolute Gasteiger partial charge is 0.320 e. The summed E-state index contributed by atoms with van der Waals surface area (Å²) in [6, 6.07) is 16.0. The van der Waals surface area contributed by atoms with E-state index in [-0.39, 0.29) is 0 Å². The number of para-hydroxylation sites is 1. The molecule has 0 aliphatic heterocycles. The summed E-state index contributed by atoms with van der Waals surface area (Å²) in [5, 5.41) is 10.2. The minimum absolute atomic E-state index is 0.381. The van der Waals surface area contributed by atoms with Crippen LogP contribution in [0.5, 0.6) is 10.9 Å². The molecule has 1 aliphatic rings. The van der Waals surface area contributed by atoms with Crippen LogP contribution in [-0.4, -0.2) is 39.6 Å². The number of hydrogen-bond acceptors (Lipinski definition) is 5. The molecule has 0 bridgehead atoms. The molecule has 1 aromatic heterocycles. The van der Waals surface area contributed by atoms with Crippen molar-refractivity contribution in [2.75, 3.05) is 6.54 Å². The van der Waals surface area contributed by atoms with Gasteiger partial charge >= 0.3 is 5.97 Å². The fourth-order valence-corrected chi connectivity index (χ4v) is 5.06. The monoisotopic (exact) mass is 424 g/mol. The summed E-state index contributed by atoms with van der Waals surface area (Å²) < 4.78 is 7.04. The number of carboxylic acids is 1. The molecule has 5 nitrogen and oxygen atoms in total. The molecule has 1 atom stereocenters. The van der Waals surface area contributed by atoms with Crippen molar-refractivity contribution in [2.24, 2.45) is 0 Å². The highest BCUT2D eigenvalue weighted by atomic mass is 32.1. The zero-order valence-electron chi connectivity index (χ0n) is 17.3. The van der Waals surface area contributed by atoms with Gasteiger partial charge in [0, 0.05) is 12.6 Å². The van der Waals surface area contributed by atoms with Gasteiger partial charge in [-0.3, -0.25) is 9.69 Å². The van der Waals surface area contributed by atoms with E-state index in [0.717, 1.165) is 41.8 Å². The van der Waals surface area contributed by atoms with Gasteiger partial charge in [0.05, 0.1) is 10.2 Å². The third-order valence-electron chi connectivity index (χ3n) is 5.96. The molecular formula is C24H28N2O3S. The summed E-state index contributed by atoms with van der Waals surface area (Å²) in [5.74, 6) is 0.0287. The lowest BCUT2D eigenvalue weighted by Crippen LogP contribution is -2.47. The van der Waals surface area contributed by atoms with Crippen molar-refractivity contribution in [1.29, 1.82) is 0 Å². The quantitative estimate of drug-likeness (QED) is 0.500. The molecule has 1 saturated carbocycles. The molecule has 1 fully saturated rings. The molecule has 30 heavy (non-hydrogen) atoms. The van der Waals surface area contributed by atoms with Crippen LogP contribution in [0.25, 0.3) is 10.2 Å². The molecule has 1 N–H and O–H groups in total. The van der Waals surface area contributed by atoms with Crippen LogP contribution in [0, 0.1) is 0 Å². The first-order chi connectivity index (χ1) is 14.6. The molecule has 0 amide bonds. The second-order valence-electron chi connectivity index (χ2n) is 7.99. The molecule has 1 aliphatic carbocycles. The van der Waals surface area contributed by atoms with Crippen LogP contribution in [0.1, 0.15) is 44.6 Å². The van der Waals surface area contributed by atoms with Crippen molar-refractivity contribution in [1.82, 2.24) is 9.88 Å². The van der Waals surface area contributed by atoms with E-state index >= 15 is 0 Å². The number of benzene rings is 2. The van der Waals surface area contributed by atoms with E-state index in [1.165, 1.54) is 36.2 Å². The van der Waals surface area contributed by atoms with Gasteiger partial charge in [0.15, 0.2) is 0 Å². The van der Waals surface area contributed by atoms with Crippen LogP contribution in [-0.2, 0) is 11.2 Å². The van der Waals surface area contributed by atoms with E-state index in [1.807, 2.05) is 43.3 Å². The highest BCUT2D eigenvalue weighted by molar-refractivity contribution is 7.20. The van der Waals surface area contributed by atoms with Gasteiger partial charge in [0.2, 0.25) is 0 Å². The lowest BCUT2D eigenvalue weighted by molar-refractivity contribution is -0.143. The average molecular weight is 425 g/mol. The normalized spacial score (nSPS) is 16.1. The van der Waals surface area contributed by atoms with Gasteiger partial charge in [-0.25, -0.2) is 4.98 Å². The van der Waals surface area contributed by atoms with E-state index in [9.17, 15) is 9.90 Å². The summed E-state index contributed by atoms with van der Waals surface area (Å²) in [5.41, 5.74) is 2.13. The first kappa shape index (κ1) is 20.8. The third kappa shape index (κ3) is 4.99. The Hall–Kier alpha value is -2.44. The second-order valence-corrected chi connectivity index (χ2v) is 8.98. The van der Waals surface area contributed by atoms with Crippen molar-refractivity contribution in [3.05, 3.63) is 54.1 Å². The number of aliphatic carboxylic acids is 1. The summed E-state index contributed by atoms with van der Waals surface area (Å²) in [6.07, 6.45) is 6.70. The first-order valence-corrected chi connectivity index (χ1v) is 11.5. The molecule has 1 heterocycles. The Bertz CT molecular complexity index is 947.